The van der Waals surface area contributed by atoms with Crippen molar-refractivity contribution in [3.05, 3.63) is 54.0 Å². The van der Waals surface area contributed by atoms with Crippen LogP contribution in [0.4, 0.5) is 0 Å². The Morgan fingerprint density at radius 2 is 2.08 bits per heavy atom. The number of hydrogen-bond acceptors (Lipinski definition) is 4. The topological polar surface area (TPSA) is 68.1 Å². The minimum Gasteiger partial charge on any atom is -0.313 e. The summed E-state index contributed by atoms with van der Waals surface area (Å²) < 4.78 is 29.6. The zero-order chi connectivity index (χ0) is 18.3. The molecule has 2 aromatic heterocycles. The van der Waals surface area contributed by atoms with Gasteiger partial charge < -0.3 is 4.57 Å². The minimum absolute atomic E-state index is 0.0868. The molecule has 1 atom stereocenters. The molecule has 0 spiro atoms. The summed E-state index contributed by atoms with van der Waals surface area (Å²) >= 11 is 0. The van der Waals surface area contributed by atoms with E-state index in [1.807, 2.05) is 25.1 Å². The summed E-state index contributed by atoms with van der Waals surface area (Å²) in [4.78, 5) is 9.55. The quantitative estimate of drug-likeness (QED) is 0.708. The number of aromatic nitrogens is 3. The van der Waals surface area contributed by atoms with E-state index < -0.39 is 10.0 Å². The van der Waals surface area contributed by atoms with E-state index in [-0.39, 0.29) is 5.92 Å². The Bertz CT molecular complexity index is 1060. The number of rotatable bonds is 4. The molecule has 7 heteroatoms. The molecule has 1 saturated heterocycles. The summed E-state index contributed by atoms with van der Waals surface area (Å²) in [5.74, 6) is 1.02. The van der Waals surface area contributed by atoms with E-state index >= 15 is 0 Å². The Morgan fingerprint density at radius 3 is 2.85 bits per heavy atom. The van der Waals surface area contributed by atoms with Gasteiger partial charge in [-0.1, -0.05) is 12.1 Å². The molecule has 3 heterocycles. The zero-order valence-corrected chi connectivity index (χ0v) is 15.8. The molecule has 6 nitrogen and oxygen atoms in total. The molecule has 0 radical (unpaired) electrons. The van der Waals surface area contributed by atoms with Gasteiger partial charge in [0, 0.05) is 31.7 Å². The summed E-state index contributed by atoms with van der Waals surface area (Å²) in [5, 5.41) is 0. The predicted octanol–water partition coefficient (Wildman–Crippen LogP) is 2.94. The van der Waals surface area contributed by atoms with Crippen LogP contribution in [0.3, 0.4) is 0 Å². The molecule has 1 aromatic carbocycles. The van der Waals surface area contributed by atoms with Gasteiger partial charge in [-0.3, -0.25) is 0 Å². The highest BCUT2D eigenvalue weighted by Crippen LogP contribution is 2.32. The molecule has 0 aliphatic carbocycles. The average molecular weight is 370 g/mol. The zero-order valence-electron chi connectivity index (χ0n) is 15.0. The molecule has 0 saturated carbocycles. The van der Waals surface area contributed by atoms with Crippen LogP contribution in [-0.2, 0) is 16.6 Å². The summed E-state index contributed by atoms with van der Waals surface area (Å²) in [6, 6.07) is 10.9. The van der Waals surface area contributed by atoms with Gasteiger partial charge in [-0.25, -0.2) is 18.4 Å². The van der Waals surface area contributed by atoms with Gasteiger partial charge in [-0.2, -0.15) is 4.31 Å². The third-order valence-electron chi connectivity index (χ3n) is 4.99. The molecule has 0 bridgehead atoms. The second-order valence-electron chi connectivity index (χ2n) is 6.73. The lowest BCUT2D eigenvalue weighted by Gasteiger charge is -2.17. The summed E-state index contributed by atoms with van der Waals surface area (Å²) in [5.41, 5.74) is 2.68. The van der Waals surface area contributed by atoms with Crippen LogP contribution in [0.5, 0.6) is 0 Å². The Kier molecular flexibility index (Phi) is 4.28. The maximum Gasteiger partial charge on any atom is 0.243 e. The van der Waals surface area contributed by atoms with Crippen LogP contribution in [-0.4, -0.2) is 40.3 Å². The van der Waals surface area contributed by atoms with Gasteiger partial charge >= 0.3 is 0 Å². The maximum absolute atomic E-state index is 13.0. The molecule has 26 heavy (non-hydrogen) atoms. The third kappa shape index (κ3) is 2.81. The van der Waals surface area contributed by atoms with Gasteiger partial charge in [0.2, 0.25) is 10.0 Å². The fraction of sp³-hybridized carbons (Fsp3) is 0.368. The number of hydrogen-bond donors (Lipinski definition) is 0. The monoisotopic (exact) mass is 370 g/mol. The van der Waals surface area contributed by atoms with Crippen molar-refractivity contribution >= 4 is 21.2 Å². The van der Waals surface area contributed by atoms with Crippen molar-refractivity contribution in [2.75, 3.05) is 13.1 Å². The van der Waals surface area contributed by atoms with E-state index in [0.717, 1.165) is 35.5 Å². The molecular weight excluding hydrogens is 348 g/mol. The number of imidazole rings is 1. The minimum atomic E-state index is -3.47. The van der Waals surface area contributed by atoms with E-state index in [4.69, 9.17) is 4.98 Å². The SMILES string of the molecule is CCn1c([C@H]2CCN(S(=O)(=O)c3cccc(C)c3)C2)nc2cccnc21. The largest absolute Gasteiger partial charge is 0.313 e. The average Bonchev–Trinajstić information content (AvgIpc) is 3.26. The third-order valence-corrected chi connectivity index (χ3v) is 6.85. The molecular formula is C19H22N4O2S. The lowest BCUT2D eigenvalue weighted by atomic mass is 10.1. The van der Waals surface area contributed by atoms with Gasteiger partial charge in [-0.15, -0.1) is 0 Å². The Balaban J connectivity index is 1.65. The number of fused-ring (bicyclic) bond motifs is 1. The van der Waals surface area contributed by atoms with Crippen molar-refractivity contribution in [1.29, 1.82) is 0 Å². The number of pyridine rings is 1. The number of nitrogens with zero attached hydrogens (tertiary/aromatic N) is 4. The first-order valence-corrected chi connectivity index (χ1v) is 10.3. The van der Waals surface area contributed by atoms with E-state index in [0.29, 0.717) is 18.0 Å². The van der Waals surface area contributed by atoms with Crippen molar-refractivity contribution in [2.24, 2.45) is 0 Å². The Morgan fingerprint density at radius 1 is 1.23 bits per heavy atom. The van der Waals surface area contributed by atoms with E-state index in [1.165, 1.54) is 0 Å². The van der Waals surface area contributed by atoms with Gasteiger partial charge in [0.25, 0.3) is 0 Å². The van der Waals surface area contributed by atoms with Crippen LogP contribution < -0.4 is 0 Å². The molecule has 0 N–H and O–H groups in total. The van der Waals surface area contributed by atoms with Gasteiger partial charge in [0.15, 0.2) is 5.65 Å². The fourth-order valence-electron chi connectivity index (χ4n) is 3.68. The summed E-state index contributed by atoms with van der Waals surface area (Å²) in [7, 11) is -3.47. The molecule has 136 valence electrons. The summed E-state index contributed by atoms with van der Waals surface area (Å²) in [6.45, 7) is 5.71. The molecule has 0 amide bonds. The van der Waals surface area contributed by atoms with Crippen LogP contribution in [0.2, 0.25) is 0 Å². The fourth-order valence-corrected chi connectivity index (χ4v) is 5.29. The standard InChI is InChI=1S/C19H22N4O2S/c1-3-23-18(21-17-8-5-10-20-19(17)23)15-9-11-22(13-15)26(24,25)16-7-4-6-14(2)12-16/h4-8,10,12,15H,3,9,11,13H2,1-2H3/t15-/m0/s1. The van der Waals surface area contributed by atoms with Crippen LogP contribution in [0.1, 0.15) is 30.7 Å². The van der Waals surface area contributed by atoms with E-state index in [9.17, 15) is 8.42 Å². The molecule has 3 aromatic rings. The van der Waals surface area contributed by atoms with Crippen molar-refractivity contribution in [3.63, 3.8) is 0 Å². The molecule has 1 aliphatic rings. The van der Waals surface area contributed by atoms with Crippen LogP contribution in [0.15, 0.2) is 47.5 Å². The van der Waals surface area contributed by atoms with Gasteiger partial charge in [-0.05, 0) is 50.1 Å². The molecule has 1 aliphatic heterocycles. The van der Waals surface area contributed by atoms with Crippen LogP contribution >= 0.6 is 0 Å². The highest BCUT2D eigenvalue weighted by atomic mass is 32.2. The van der Waals surface area contributed by atoms with Crippen molar-refractivity contribution in [1.82, 2.24) is 18.8 Å². The smallest absolute Gasteiger partial charge is 0.243 e. The lowest BCUT2D eigenvalue weighted by molar-refractivity contribution is 0.469. The van der Waals surface area contributed by atoms with Crippen LogP contribution in [0.25, 0.3) is 11.2 Å². The second kappa shape index (κ2) is 6.48. The number of aryl methyl sites for hydroxylation is 2. The van der Waals surface area contributed by atoms with Gasteiger partial charge in [0.1, 0.15) is 11.3 Å². The Hall–Kier alpha value is -2.25. The first kappa shape index (κ1) is 17.2. The van der Waals surface area contributed by atoms with Crippen molar-refractivity contribution in [3.8, 4) is 0 Å². The first-order valence-electron chi connectivity index (χ1n) is 8.88. The predicted molar refractivity (Wildman–Crippen MR) is 100 cm³/mol. The second-order valence-corrected chi connectivity index (χ2v) is 8.66. The van der Waals surface area contributed by atoms with Crippen molar-refractivity contribution in [2.45, 2.75) is 37.6 Å². The maximum atomic E-state index is 13.0. The highest BCUT2D eigenvalue weighted by Gasteiger charge is 2.35. The normalized spacial score (nSPS) is 18.6. The molecule has 0 unspecified atom stereocenters. The Labute approximate surface area is 153 Å². The van der Waals surface area contributed by atoms with Crippen LogP contribution in [0, 0.1) is 6.92 Å². The first-order chi connectivity index (χ1) is 12.5. The molecule has 1 fully saturated rings. The lowest BCUT2D eigenvalue weighted by Crippen LogP contribution is -2.29. The van der Waals surface area contributed by atoms with Gasteiger partial charge in [0.05, 0.1) is 4.90 Å². The highest BCUT2D eigenvalue weighted by molar-refractivity contribution is 7.89. The summed E-state index contributed by atoms with van der Waals surface area (Å²) in [6.07, 6.45) is 2.54. The molecule has 4 rings (SSSR count). The van der Waals surface area contributed by atoms with E-state index in [2.05, 4.69) is 16.5 Å². The number of benzene rings is 1. The number of sulfonamides is 1. The van der Waals surface area contributed by atoms with Crippen molar-refractivity contribution < 1.29 is 8.42 Å². The van der Waals surface area contributed by atoms with E-state index in [1.54, 1.807) is 28.7 Å².